The van der Waals surface area contributed by atoms with Crippen molar-refractivity contribution < 1.29 is 38.4 Å². The molecular weight excluding hydrogens is 248 g/mol. The lowest BCUT2D eigenvalue weighted by atomic mass is 10.4. The minimum absolute atomic E-state index is 0.681. The van der Waals surface area contributed by atoms with E-state index in [2.05, 4.69) is 19.2 Å². The molecule has 0 aromatic heterocycles. The Morgan fingerprint density at radius 1 is 0.722 bits per heavy atom. The van der Waals surface area contributed by atoms with Crippen LogP contribution in [0.2, 0.25) is 0 Å². The largest absolute Gasteiger partial charge is 0.451 e. The molecule has 2 atom stereocenters. The van der Waals surface area contributed by atoms with Gasteiger partial charge in [0.1, 0.15) is 0 Å². The van der Waals surface area contributed by atoms with E-state index >= 15 is 0 Å². The summed E-state index contributed by atoms with van der Waals surface area (Å²) < 4.78 is 8.96. The molecule has 0 N–H and O–H groups in total. The molecule has 0 fully saturated rings. The molecule has 18 heavy (non-hydrogen) atoms. The molecule has 0 heterocycles. The van der Waals surface area contributed by atoms with E-state index in [1.807, 2.05) is 0 Å². The third-order valence-corrected chi connectivity index (χ3v) is 1.56. The van der Waals surface area contributed by atoms with Gasteiger partial charge in [0, 0.05) is 13.8 Å². The van der Waals surface area contributed by atoms with Gasteiger partial charge in [-0.3, -0.25) is 9.59 Å². The summed E-state index contributed by atoms with van der Waals surface area (Å²) in [5, 5.41) is 0. The summed E-state index contributed by atoms with van der Waals surface area (Å²) >= 11 is 0. The Kier molecular flexibility index (Phi) is 6.40. The smallest absolute Gasteiger partial charge is 0.395 e. The van der Waals surface area contributed by atoms with Gasteiger partial charge in [-0.15, -0.1) is 0 Å². The number of hydrogen-bond donors (Lipinski definition) is 0. The molecule has 8 heteroatoms. The van der Waals surface area contributed by atoms with Gasteiger partial charge in [0.05, 0.1) is 0 Å². The minimum Gasteiger partial charge on any atom is -0.451 e. The predicted octanol–water partition coefficient (Wildman–Crippen LogP) is -0.109. The van der Waals surface area contributed by atoms with Crippen LogP contribution in [0.15, 0.2) is 0 Å². The van der Waals surface area contributed by atoms with Crippen molar-refractivity contribution in [2.45, 2.75) is 39.9 Å². The predicted molar refractivity (Wildman–Crippen MR) is 54.6 cm³/mol. The first-order chi connectivity index (χ1) is 8.23. The van der Waals surface area contributed by atoms with E-state index in [0.717, 1.165) is 13.8 Å². The van der Waals surface area contributed by atoms with Crippen LogP contribution in [0.3, 0.4) is 0 Å². The van der Waals surface area contributed by atoms with Crippen LogP contribution in [-0.2, 0) is 38.4 Å². The van der Waals surface area contributed by atoms with Crippen LogP contribution in [0.25, 0.3) is 0 Å². The van der Waals surface area contributed by atoms with E-state index in [0.29, 0.717) is 0 Å². The zero-order valence-electron chi connectivity index (χ0n) is 10.4. The summed E-state index contributed by atoms with van der Waals surface area (Å²) in [5.74, 6) is -3.49. The lowest BCUT2D eigenvalue weighted by molar-refractivity contribution is -0.269. The maximum atomic E-state index is 11.1. The third kappa shape index (κ3) is 6.46. The first-order valence-corrected chi connectivity index (χ1v) is 5.00. The van der Waals surface area contributed by atoms with Gasteiger partial charge in [-0.2, -0.15) is 0 Å². The molecule has 0 spiro atoms. The Hall–Kier alpha value is -2.12. The fourth-order valence-electron chi connectivity index (χ4n) is 0.812. The van der Waals surface area contributed by atoms with Gasteiger partial charge in [0.15, 0.2) is 0 Å². The minimum atomic E-state index is -1.21. The van der Waals surface area contributed by atoms with Gasteiger partial charge in [-0.1, -0.05) is 0 Å². The fraction of sp³-hybridized carbons (Fsp3) is 0.600. The highest BCUT2D eigenvalue weighted by Crippen LogP contribution is 2.00. The third-order valence-electron chi connectivity index (χ3n) is 1.56. The Morgan fingerprint density at radius 3 is 1.22 bits per heavy atom. The number of carbonyl (C=O) groups is 4. The average molecular weight is 262 g/mol. The van der Waals surface area contributed by atoms with E-state index in [4.69, 9.17) is 0 Å². The Labute approximate surface area is 103 Å². The topological polar surface area (TPSA) is 105 Å². The molecule has 0 aliphatic rings. The van der Waals surface area contributed by atoms with E-state index in [9.17, 15) is 19.2 Å². The van der Waals surface area contributed by atoms with E-state index in [1.54, 1.807) is 0 Å². The molecule has 0 radical (unpaired) electrons. The molecule has 0 saturated carbocycles. The highest BCUT2D eigenvalue weighted by molar-refractivity contribution is 5.80. The molecule has 8 nitrogen and oxygen atoms in total. The summed E-state index contributed by atoms with van der Waals surface area (Å²) in [6.07, 6.45) is -2.42. The van der Waals surface area contributed by atoms with E-state index < -0.39 is 36.1 Å². The monoisotopic (exact) mass is 262 g/mol. The van der Waals surface area contributed by atoms with Gasteiger partial charge >= 0.3 is 23.9 Å². The van der Waals surface area contributed by atoms with Crippen molar-refractivity contribution in [2.24, 2.45) is 0 Å². The van der Waals surface area contributed by atoms with Crippen molar-refractivity contribution in [1.82, 2.24) is 0 Å². The molecule has 0 amide bonds. The normalized spacial score (nSPS) is 12.9. The van der Waals surface area contributed by atoms with E-state index in [1.165, 1.54) is 13.8 Å². The highest BCUT2D eigenvalue weighted by Gasteiger charge is 2.24. The van der Waals surface area contributed by atoms with Crippen molar-refractivity contribution in [1.29, 1.82) is 0 Å². The van der Waals surface area contributed by atoms with Gasteiger partial charge < -0.3 is 9.47 Å². The maximum absolute atomic E-state index is 11.1. The molecule has 0 aromatic rings. The van der Waals surface area contributed by atoms with Crippen LogP contribution in [0.5, 0.6) is 0 Å². The summed E-state index contributed by atoms with van der Waals surface area (Å²) in [5.41, 5.74) is 0. The molecule has 102 valence electrons. The molecule has 0 bridgehead atoms. The second kappa shape index (κ2) is 7.25. The van der Waals surface area contributed by atoms with Crippen molar-refractivity contribution in [3.05, 3.63) is 0 Å². The quantitative estimate of drug-likeness (QED) is 0.392. The van der Waals surface area contributed by atoms with Crippen LogP contribution in [0.1, 0.15) is 27.7 Å². The SMILES string of the molecule is CC(=O)OC(C)C(=O)OOC(=O)C(C)OC(C)=O. The molecule has 2 unspecified atom stereocenters. The van der Waals surface area contributed by atoms with Crippen molar-refractivity contribution in [3.8, 4) is 0 Å². The summed E-state index contributed by atoms with van der Waals surface area (Å²) in [7, 11) is 0. The first kappa shape index (κ1) is 15.9. The van der Waals surface area contributed by atoms with Crippen LogP contribution < -0.4 is 0 Å². The van der Waals surface area contributed by atoms with Crippen LogP contribution in [-0.4, -0.2) is 36.1 Å². The van der Waals surface area contributed by atoms with Crippen molar-refractivity contribution in [3.63, 3.8) is 0 Å². The standard InChI is InChI=1S/C10H14O8/c1-5(15-7(3)11)9(13)17-18-10(14)6(2)16-8(4)12/h5-6H,1-4H3. The van der Waals surface area contributed by atoms with Crippen LogP contribution in [0.4, 0.5) is 0 Å². The second-order valence-electron chi connectivity index (χ2n) is 3.31. The second-order valence-corrected chi connectivity index (χ2v) is 3.31. The van der Waals surface area contributed by atoms with Crippen LogP contribution >= 0.6 is 0 Å². The number of carbonyl (C=O) groups excluding carboxylic acids is 4. The summed E-state index contributed by atoms with van der Waals surface area (Å²) in [6, 6.07) is 0. The molecule has 0 aliphatic heterocycles. The molecular formula is C10H14O8. The lowest BCUT2D eigenvalue weighted by Gasteiger charge is -2.12. The number of ether oxygens (including phenoxy) is 2. The number of rotatable bonds is 4. The molecule has 0 saturated heterocycles. The van der Waals surface area contributed by atoms with Crippen molar-refractivity contribution >= 4 is 23.9 Å². The van der Waals surface area contributed by atoms with Gasteiger partial charge in [0.25, 0.3) is 0 Å². The van der Waals surface area contributed by atoms with Crippen molar-refractivity contribution in [2.75, 3.05) is 0 Å². The number of hydrogen-bond acceptors (Lipinski definition) is 8. The Bertz CT molecular complexity index is 314. The Morgan fingerprint density at radius 2 is 1.00 bits per heavy atom. The Balaban J connectivity index is 4.08. The number of esters is 2. The summed E-state index contributed by atoms with van der Waals surface area (Å²) in [6.45, 7) is 4.71. The van der Waals surface area contributed by atoms with Gasteiger partial charge in [-0.05, 0) is 13.8 Å². The molecule has 0 rings (SSSR count). The van der Waals surface area contributed by atoms with E-state index in [-0.39, 0.29) is 0 Å². The van der Waals surface area contributed by atoms with Gasteiger partial charge in [0.2, 0.25) is 12.2 Å². The zero-order chi connectivity index (χ0) is 14.3. The van der Waals surface area contributed by atoms with Gasteiger partial charge in [-0.25, -0.2) is 19.4 Å². The molecule has 0 aromatic carbocycles. The maximum Gasteiger partial charge on any atom is 0.395 e. The summed E-state index contributed by atoms with van der Waals surface area (Å²) in [4.78, 5) is 51.6. The zero-order valence-corrected chi connectivity index (χ0v) is 10.4. The first-order valence-electron chi connectivity index (χ1n) is 5.00. The molecule has 0 aliphatic carbocycles. The highest BCUT2D eigenvalue weighted by atomic mass is 17.2. The fourth-order valence-corrected chi connectivity index (χ4v) is 0.812. The van der Waals surface area contributed by atoms with Crippen LogP contribution in [0, 0.1) is 0 Å². The average Bonchev–Trinajstić information content (AvgIpc) is 2.23. The lowest BCUT2D eigenvalue weighted by Crippen LogP contribution is -2.30.